The summed E-state index contributed by atoms with van der Waals surface area (Å²) >= 11 is 0. The minimum Gasteiger partial charge on any atom is -0.456 e. The molecule has 1 heteroatoms. The van der Waals surface area contributed by atoms with Crippen LogP contribution in [0, 0.1) is 0 Å². The second-order valence-electron chi connectivity index (χ2n) is 14.8. The fourth-order valence-corrected chi connectivity index (χ4v) is 9.66. The standard InChI is InChI=1S/C50H34O/c1-49(2)41-21-8-5-17-35(41)38-27-26-32(29-45(38)49)31-14-13-15-33(28-31)40-30-46-48(39-20-4-3-16-34(39)40)51-47-25-12-11-24-44(47)50(46)42-22-9-6-18-36(42)37-19-7-10-23-43(37)50/h3-30H,1-2H3. The highest BCUT2D eigenvalue weighted by Crippen LogP contribution is 2.63. The maximum Gasteiger partial charge on any atom is 0.140 e. The van der Waals surface area contributed by atoms with Crippen LogP contribution >= 0.6 is 0 Å². The molecule has 0 radical (unpaired) electrons. The van der Waals surface area contributed by atoms with Crippen LogP contribution in [0.2, 0.25) is 0 Å². The Morgan fingerprint density at radius 2 is 0.902 bits per heavy atom. The fourth-order valence-electron chi connectivity index (χ4n) is 9.66. The number of hydrogen-bond acceptors (Lipinski definition) is 1. The Kier molecular flexibility index (Phi) is 5.72. The van der Waals surface area contributed by atoms with Gasteiger partial charge in [-0.15, -0.1) is 0 Å². The summed E-state index contributed by atoms with van der Waals surface area (Å²) in [5, 5.41) is 2.32. The van der Waals surface area contributed by atoms with Crippen molar-refractivity contribution in [3.63, 3.8) is 0 Å². The Morgan fingerprint density at radius 1 is 0.353 bits per heavy atom. The van der Waals surface area contributed by atoms with Crippen molar-refractivity contribution in [2.24, 2.45) is 0 Å². The van der Waals surface area contributed by atoms with Crippen LogP contribution in [0.3, 0.4) is 0 Å². The van der Waals surface area contributed by atoms with E-state index in [2.05, 4.69) is 184 Å². The van der Waals surface area contributed by atoms with E-state index < -0.39 is 5.41 Å². The summed E-state index contributed by atoms with van der Waals surface area (Å²) in [4.78, 5) is 0. The Hall–Kier alpha value is -6.18. The van der Waals surface area contributed by atoms with E-state index in [1.165, 1.54) is 83.3 Å². The summed E-state index contributed by atoms with van der Waals surface area (Å²) in [7, 11) is 0. The molecule has 1 aliphatic heterocycles. The quantitative estimate of drug-likeness (QED) is 0.181. The summed E-state index contributed by atoms with van der Waals surface area (Å²) < 4.78 is 6.98. The summed E-state index contributed by atoms with van der Waals surface area (Å²) in [6.45, 7) is 4.71. The topological polar surface area (TPSA) is 9.23 Å². The van der Waals surface area contributed by atoms with E-state index in [1.54, 1.807) is 0 Å². The molecule has 8 aromatic carbocycles. The maximum atomic E-state index is 6.98. The second-order valence-corrected chi connectivity index (χ2v) is 14.8. The fraction of sp³-hybridized carbons (Fsp3) is 0.0800. The van der Waals surface area contributed by atoms with E-state index in [0.29, 0.717) is 0 Å². The van der Waals surface area contributed by atoms with Gasteiger partial charge in [0.1, 0.15) is 11.5 Å². The third-order valence-electron chi connectivity index (χ3n) is 11.9. The minimum atomic E-state index is -0.520. The van der Waals surface area contributed by atoms with Gasteiger partial charge in [0, 0.05) is 21.9 Å². The number of hydrogen-bond donors (Lipinski definition) is 0. The van der Waals surface area contributed by atoms with Gasteiger partial charge in [0.2, 0.25) is 0 Å². The molecule has 0 unspecified atom stereocenters. The van der Waals surface area contributed by atoms with Crippen LogP contribution in [-0.2, 0) is 10.8 Å². The van der Waals surface area contributed by atoms with Crippen molar-refractivity contribution in [2.75, 3.05) is 0 Å². The van der Waals surface area contributed by atoms with E-state index in [-0.39, 0.29) is 5.41 Å². The Morgan fingerprint density at radius 3 is 1.65 bits per heavy atom. The smallest absolute Gasteiger partial charge is 0.140 e. The monoisotopic (exact) mass is 650 g/mol. The van der Waals surface area contributed by atoms with Gasteiger partial charge in [-0.2, -0.15) is 0 Å². The molecule has 0 fully saturated rings. The number of benzene rings is 8. The van der Waals surface area contributed by atoms with Gasteiger partial charge in [0.05, 0.1) is 5.41 Å². The van der Waals surface area contributed by atoms with Crippen molar-refractivity contribution in [3.05, 3.63) is 203 Å². The van der Waals surface area contributed by atoms with Crippen LogP contribution in [0.5, 0.6) is 11.5 Å². The highest BCUT2D eigenvalue weighted by atomic mass is 16.5. The normalized spacial score (nSPS) is 14.9. The number of fused-ring (bicyclic) bond motifs is 14. The minimum absolute atomic E-state index is 0.0489. The third kappa shape index (κ3) is 3.71. The summed E-state index contributed by atoms with van der Waals surface area (Å²) in [5.74, 6) is 1.86. The van der Waals surface area contributed by atoms with Crippen LogP contribution in [0.15, 0.2) is 170 Å². The number of ether oxygens (including phenoxy) is 1. The third-order valence-corrected chi connectivity index (χ3v) is 11.9. The molecule has 1 spiro atoms. The van der Waals surface area contributed by atoms with Gasteiger partial charge in [-0.1, -0.05) is 159 Å². The van der Waals surface area contributed by atoms with Crippen LogP contribution in [-0.4, -0.2) is 0 Å². The van der Waals surface area contributed by atoms with Gasteiger partial charge in [-0.05, 0) is 96.4 Å². The number of para-hydroxylation sites is 1. The first-order valence-corrected chi connectivity index (χ1v) is 17.9. The molecule has 0 N–H and O–H groups in total. The summed E-state index contributed by atoms with van der Waals surface area (Å²) in [6.07, 6.45) is 0. The lowest BCUT2D eigenvalue weighted by Gasteiger charge is -2.40. The molecular formula is C50H34O. The molecule has 240 valence electrons. The van der Waals surface area contributed by atoms with Gasteiger partial charge >= 0.3 is 0 Å². The molecule has 1 heterocycles. The lowest BCUT2D eigenvalue weighted by Crippen LogP contribution is -2.32. The molecule has 0 bridgehead atoms. The van der Waals surface area contributed by atoms with Gasteiger partial charge < -0.3 is 4.74 Å². The van der Waals surface area contributed by atoms with Crippen molar-refractivity contribution in [3.8, 4) is 56.0 Å². The predicted octanol–water partition coefficient (Wildman–Crippen LogP) is 12.9. The van der Waals surface area contributed by atoms with Gasteiger partial charge in [-0.25, -0.2) is 0 Å². The Balaban J connectivity index is 1.16. The van der Waals surface area contributed by atoms with E-state index >= 15 is 0 Å². The first kappa shape index (κ1) is 28.6. The van der Waals surface area contributed by atoms with E-state index in [4.69, 9.17) is 4.74 Å². The average molecular weight is 651 g/mol. The average Bonchev–Trinajstić information content (AvgIpc) is 3.60. The molecule has 51 heavy (non-hydrogen) atoms. The van der Waals surface area contributed by atoms with Crippen molar-refractivity contribution < 1.29 is 4.74 Å². The van der Waals surface area contributed by atoms with Crippen molar-refractivity contribution in [1.29, 1.82) is 0 Å². The maximum absolute atomic E-state index is 6.98. The van der Waals surface area contributed by atoms with Gasteiger partial charge in [-0.3, -0.25) is 0 Å². The molecule has 11 rings (SSSR count). The van der Waals surface area contributed by atoms with Crippen molar-refractivity contribution >= 4 is 10.8 Å². The van der Waals surface area contributed by atoms with Crippen molar-refractivity contribution in [2.45, 2.75) is 24.7 Å². The molecule has 0 amide bonds. The van der Waals surface area contributed by atoms with Crippen molar-refractivity contribution in [1.82, 2.24) is 0 Å². The molecule has 0 aromatic heterocycles. The molecule has 1 nitrogen and oxygen atoms in total. The lowest BCUT2D eigenvalue weighted by molar-refractivity contribution is 0.442. The molecule has 0 atom stereocenters. The van der Waals surface area contributed by atoms with Crippen LogP contribution in [0.25, 0.3) is 55.3 Å². The molecule has 0 saturated heterocycles. The zero-order chi connectivity index (χ0) is 33.9. The molecule has 2 aliphatic carbocycles. The molecule has 3 aliphatic rings. The summed E-state index contributed by atoms with van der Waals surface area (Å²) in [5.41, 5.74) is 17.4. The Bertz CT molecular complexity index is 2720. The predicted molar refractivity (Wildman–Crippen MR) is 210 cm³/mol. The highest BCUT2D eigenvalue weighted by molar-refractivity contribution is 6.04. The first-order valence-electron chi connectivity index (χ1n) is 17.9. The van der Waals surface area contributed by atoms with E-state index in [9.17, 15) is 0 Å². The van der Waals surface area contributed by atoms with Crippen LogP contribution in [0.4, 0.5) is 0 Å². The SMILES string of the molecule is CC1(C)c2ccccc2-c2ccc(-c3cccc(-c4cc5c(c6ccccc46)Oc4ccccc4C54c5ccccc5-c5ccccc54)c3)cc21. The van der Waals surface area contributed by atoms with Gasteiger partial charge in [0.25, 0.3) is 0 Å². The Labute approximate surface area is 298 Å². The summed E-state index contributed by atoms with van der Waals surface area (Å²) in [6, 6.07) is 62.8. The van der Waals surface area contributed by atoms with Gasteiger partial charge in [0.15, 0.2) is 0 Å². The highest BCUT2D eigenvalue weighted by Gasteiger charge is 2.51. The molecular weight excluding hydrogens is 617 g/mol. The largest absolute Gasteiger partial charge is 0.456 e. The number of rotatable bonds is 2. The van der Waals surface area contributed by atoms with Crippen LogP contribution < -0.4 is 4.74 Å². The molecule has 0 saturated carbocycles. The zero-order valence-corrected chi connectivity index (χ0v) is 28.6. The zero-order valence-electron chi connectivity index (χ0n) is 28.6. The van der Waals surface area contributed by atoms with E-state index in [0.717, 1.165) is 16.9 Å². The second kappa shape index (κ2) is 10.2. The van der Waals surface area contributed by atoms with Crippen LogP contribution in [0.1, 0.15) is 47.2 Å². The lowest BCUT2D eigenvalue weighted by atomic mass is 9.65. The first-order chi connectivity index (χ1) is 25.0. The molecule has 8 aromatic rings. The van der Waals surface area contributed by atoms with E-state index in [1.807, 2.05) is 0 Å².